The number of benzene rings is 1. The van der Waals surface area contributed by atoms with E-state index in [1.54, 1.807) is 24.4 Å². The summed E-state index contributed by atoms with van der Waals surface area (Å²) in [6.45, 7) is 4.11. The zero-order chi connectivity index (χ0) is 16.2. The molecule has 6 heteroatoms. The van der Waals surface area contributed by atoms with Crippen LogP contribution in [0.1, 0.15) is 30.3 Å². The number of nitrogens with one attached hydrogen (secondary N) is 1. The van der Waals surface area contributed by atoms with Crippen molar-refractivity contribution in [1.29, 1.82) is 0 Å². The van der Waals surface area contributed by atoms with Crippen LogP contribution in [0.5, 0.6) is 0 Å². The minimum absolute atomic E-state index is 0.285. The summed E-state index contributed by atoms with van der Waals surface area (Å²) in [5, 5.41) is 3.28. The molecule has 1 aromatic heterocycles. The van der Waals surface area contributed by atoms with Crippen LogP contribution in [0.15, 0.2) is 36.5 Å². The molecule has 1 amide bonds. The zero-order valence-electron chi connectivity index (χ0n) is 13.0. The summed E-state index contributed by atoms with van der Waals surface area (Å²) >= 11 is 6.07. The molecule has 1 N–H and O–H groups in total. The summed E-state index contributed by atoms with van der Waals surface area (Å²) in [7, 11) is 0. The van der Waals surface area contributed by atoms with Gasteiger partial charge in [0.15, 0.2) is 0 Å². The minimum Gasteiger partial charge on any atom is -0.341 e. The van der Waals surface area contributed by atoms with Crippen molar-refractivity contribution in [3.05, 3.63) is 47.2 Å². The van der Waals surface area contributed by atoms with E-state index in [-0.39, 0.29) is 5.91 Å². The largest absolute Gasteiger partial charge is 0.341 e. The van der Waals surface area contributed by atoms with Crippen molar-refractivity contribution in [2.24, 2.45) is 5.92 Å². The number of amides is 1. The molecule has 0 atom stereocenters. The first-order valence-electron chi connectivity index (χ1n) is 7.77. The average Bonchev–Trinajstić information content (AvgIpc) is 2.58. The Morgan fingerprint density at radius 1 is 1.26 bits per heavy atom. The third-order valence-corrected chi connectivity index (χ3v) is 4.39. The van der Waals surface area contributed by atoms with Crippen LogP contribution in [-0.2, 0) is 0 Å². The van der Waals surface area contributed by atoms with Crippen LogP contribution < -0.4 is 10.2 Å². The van der Waals surface area contributed by atoms with Gasteiger partial charge in [-0.3, -0.25) is 4.79 Å². The van der Waals surface area contributed by atoms with Crippen LogP contribution in [0.25, 0.3) is 0 Å². The molecule has 120 valence electrons. The van der Waals surface area contributed by atoms with E-state index in [1.807, 2.05) is 12.1 Å². The number of hydrogen-bond donors (Lipinski definition) is 1. The standard InChI is InChI=1S/C17H19ClN4O/c1-12-7-10-22(11-8-12)17-19-9-6-15(21-17)16(23)20-14-5-3-2-4-13(14)18/h2-6,9,12H,7-8,10-11H2,1H3,(H,20,23). The van der Waals surface area contributed by atoms with E-state index >= 15 is 0 Å². The van der Waals surface area contributed by atoms with E-state index < -0.39 is 0 Å². The average molecular weight is 331 g/mol. The topological polar surface area (TPSA) is 58.1 Å². The number of piperidine rings is 1. The van der Waals surface area contributed by atoms with Crippen LogP contribution in [0.4, 0.5) is 11.6 Å². The predicted molar refractivity (Wildman–Crippen MR) is 92.0 cm³/mol. The second kappa shape index (κ2) is 6.96. The molecule has 1 aliphatic heterocycles. The Morgan fingerprint density at radius 3 is 2.74 bits per heavy atom. The van der Waals surface area contributed by atoms with E-state index in [4.69, 9.17) is 11.6 Å². The molecule has 0 spiro atoms. The Kier molecular flexibility index (Phi) is 4.76. The summed E-state index contributed by atoms with van der Waals surface area (Å²) in [6.07, 6.45) is 3.88. The van der Waals surface area contributed by atoms with Gasteiger partial charge in [-0.05, 0) is 37.0 Å². The zero-order valence-corrected chi connectivity index (χ0v) is 13.8. The number of carbonyl (C=O) groups excluding carboxylic acids is 1. The molecule has 0 bridgehead atoms. The van der Waals surface area contributed by atoms with Gasteiger partial charge in [-0.25, -0.2) is 9.97 Å². The quantitative estimate of drug-likeness (QED) is 0.933. The number of hydrogen-bond acceptors (Lipinski definition) is 4. The smallest absolute Gasteiger partial charge is 0.274 e. The third kappa shape index (κ3) is 3.79. The maximum absolute atomic E-state index is 12.4. The number of nitrogens with zero attached hydrogens (tertiary/aromatic N) is 3. The highest BCUT2D eigenvalue weighted by Gasteiger charge is 2.19. The van der Waals surface area contributed by atoms with Gasteiger partial charge in [0.25, 0.3) is 5.91 Å². The lowest BCUT2D eigenvalue weighted by Gasteiger charge is -2.30. The number of para-hydroxylation sites is 1. The second-order valence-electron chi connectivity index (χ2n) is 5.85. The molecule has 0 unspecified atom stereocenters. The fourth-order valence-corrected chi connectivity index (χ4v) is 2.77. The number of anilines is 2. The van der Waals surface area contributed by atoms with Gasteiger partial charge in [-0.1, -0.05) is 30.7 Å². The molecule has 0 radical (unpaired) electrons. The molecular formula is C17H19ClN4O. The van der Waals surface area contributed by atoms with Crippen LogP contribution >= 0.6 is 11.6 Å². The molecule has 1 fully saturated rings. The Labute approximate surface area is 140 Å². The van der Waals surface area contributed by atoms with E-state index in [0.717, 1.165) is 31.8 Å². The first-order chi connectivity index (χ1) is 11.1. The molecule has 1 saturated heterocycles. The van der Waals surface area contributed by atoms with E-state index in [0.29, 0.717) is 22.4 Å². The first-order valence-corrected chi connectivity index (χ1v) is 8.15. The monoisotopic (exact) mass is 330 g/mol. The lowest BCUT2D eigenvalue weighted by Crippen LogP contribution is -2.34. The highest BCUT2D eigenvalue weighted by atomic mass is 35.5. The molecule has 1 aromatic carbocycles. The van der Waals surface area contributed by atoms with Gasteiger partial charge >= 0.3 is 0 Å². The summed E-state index contributed by atoms with van der Waals surface area (Å²) in [4.78, 5) is 23.2. The van der Waals surface area contributed by atoms with Gasteiger partial charge in [-0.15, -0.1) is 0 Å². The summed E-state index contributed by atoms with van der Waals surface area (Å²) in [5.74, 6) is 1.06. The SMILES string of the molecule is CC1CCN(c2nccc(C(=O)Nc3ccccc3Cl)n2)CC1. The van der Waals surface area contributed by atoms with Gasteiger partial charge in [0.05, 0.1) is 10.7 Å². The van der Waals surface area contributed by atoms with Gasteiger partial charge in [-0.2, -0.15) is 0 Å². The molecule has 3 rings (SSSR count). The van der Waals surface area contributed by atoms with Gasteiger partial charge in [0.1, 0.15) is 5.69 Å². The lowest BCUT2D eigenvalue weighted by molar-refractivity contribution is 0.102. The summed E-state index contributed by atoms with van der Waals surface area (Å²) in [5.41, 5.74) is 0.916. The van der Waals surface area contributed by atoms with Crippen molar-refractivity contribution >= 4 is 29.1 Å². The highest BCUT2D eigenvalue weighted by molar-refractivity contribution is 6.33. The van der Waals surface area contributed by atoms with Crippen molar-refractivity contribution in [2.45, 2.75) is 19.8 Å². The molecule has 0 aliphatic carbocycles. The maximum Gasteiger partial charge on any atom is 0.274 e. The Bertz CT molecular complexity index is 698. The Morgan fingerprint density at radius 2 is 2.00 bits per heavy atom. The fourth-order valence-electron chi connectivity index (χ4n) is 2.58. The molecule has 0 saturated carbocycles. The number of rotatable bonds is 3. The normalized spacial score (nSPS) is 15.5. The Hall–Kier alpha value is -2.14. The number of carbonyl (C=O) groups is 1. The molecule has 2 aromatic rings. The van der Waals surface area contributed by atoms with Crippen LogP contribution in [-0.4, -0.2) is 29.0 Å². The molecule has 23 heavy (non-hydrogen) atoms. The van der Waals surface area contributed by atoms with E-state index in [2.05, 4.69) is 27.1 Å². The fraction of sp³-hybridized carbons (Fsp3) is 0.353. The van der Waals surface area contributed by atoms with Crippen molar-refractivity contribution in [2.75, 3.05) is 23.3 Å². The van der Waals surface area contributed by atoms with Crippen molar-refractivity contribution in [1.82, 2.24) is 9.97 Å². The molecule has 2 heterocycles. The Balaban J connectivity index is 1.74. The minimum atomic E-state index is -0.285. The first kappa shape index (κ1) is 15.7. The van der Waals surface area contributed by atoms with Crippen molar-refractivity contribution in [3.63, 3.8) is 0 Å². The number of halogens is 1. The van der Waals surface area contributed by atoms with Gasteiger partial charge in [0.2, 0.25) is 5.95 Å². The van der Waals surface area contributed by atoms with Crippen molar-refractivity contribution < 1.29 is 4.79 Å². The molecule has 5 nitrogen and oxygen atoms in total. The highest BCUT2D eigenvalue weighted by Crippen LogP contribution is 2.22. The van der Waals surface area contributed by atoms with Crippen molar-refractivity contribution in [3.8, 4) is 0 Å². The van der Waals surface area contributed by atoms with Gasteiger partial charge < -0.3 is 10.2 Å². The predicted octanol–water partition coefficient (Wildman–Crippen LogP) is 3.62. The molecular weight excluding hydrogens is 312 g/mol. The second-order valence-corrected chi connectivity index (χ2v) is 6.25. The number of aromatic nitrogens is 2. The lowest BCUT2D eigenvalue weighted by atomic mass is 10.00. The van der Waals surface area contributed by atoms with Crippen LogP contribution in [0.2, 0.25) is 5.02 Å². The van der Waals surface area contributed by atoms with E-state index in [9.17, 15) is 4.79 Å². The maximum atomic E-state index is 12.4. The van der Waals surface area contributed by atoms with Crippen LogP contribution in [0.3, 0.4) is 0 Å². The van der Waals surface area contributed by atoms with Crippen LogP contribution in [0, 0.1) is 5.92 Å². The van der Waals surface area contributed by atoms with Gasteiger partial charge in [0, 0.05) is 19.3 Å². The summed E-state index contributed by atoms with van der Waals surface area (Å²) in [6, 6.07) is 8.74. The molecule has 1 aliphatic rings. The summed E-state index contributed by atoms with van der Waals surface area (Å²) < 4.78 is 0. The van der Waals surface area contributed by atoms with E-state index in [1.165, 1.54) is 0 Å². The third-order valence-electron chi connectivity index (χ3n) is 4.06.